The molecule has 0 bridgehead atoms. The molecule has 1 nitrogen and oxygen atoms in total. The molecule has 0 fully saturated rings. The third-order valence-electron chi connectivity index (χ3n) is 6.75. The fourth-order valence-corrected chi connectivity index (χ4v) is 9.98. The summed E-state index contributed by atoms with van der Waals surface area (Å²) in [6.07, 6.45) is 4.06. The van der Waals surface area contributed by atoms with Gasteiger partial charge in [-0.25, -0.2) is 0 Å². The van der Waals surface area contributed by atoms with Gasteiger partial charge in [0, 0.05) is 0 Å². The van der Waals surface area contributed by atoms with Crippen LogP contribution in [0.25, 0.3) is 0 Å². The summed E-state index contributed by atoms with van der Waals surface area (Å²) < 4.78 is 43.5. The topological polar surface area (TPSA) is 13.1 Å². The third-order valence-corrected chi connectivity index (χ3v) is 12.2. The summed E-state index contributed by atoms with van der Waals surface area (Å²) >= 11 is 0. The van der Waals surface area contributed by atoms with Crippen LogP contribution in [-0.4, -0.2) is 7.25 Å². The quantitative estimate of drug-likeness (QED) is 0.0704. The van der Waals surface area contributed by atoms with Gasteiger partial charge in [0.2, 0.25) is 0 Å². The van der Waals surface area contributed by atoms with Gasteiger partial charge in [0.05, 0.1) is 15.8 Å². The van der Waals surface area contributed by atoms with Gasteiger partial charge in [-0.15, -0.1) is 6.07 Å². The number of furan rings is 1. The van der Waals surface area contributed by atoms with Crippen LogP contribution in [0.1, 0.15) is 0 Å². The second kappa shape index (κ2) is 24.0. The second-order valence-electron chi connectivity index (χ2n) is 10.2. The maximum atomic E-state index is 9.75. The van der Waals surface area contributed by atoms with E-state index in [1.165, 1.54) is 31.8 Å². The van der Waals surface area contributed by atoms with Gasteiger partial charge in [0.15, 0.2) is 0 Å². The number of halogens is 4. The SMILES string of the molecule is F[B-](F)(F)F.[Au+].[Au+].[c-]1ccco1.c1ccc([PH+](c2ccccc2)c2ccccc2)cc1.c1ccc([PH+](c2ccccc2)c2ccccc2)cc1. The Morgan fingerprint density at radius 1 is 0.360 bits per heavy atom. The van der Waals surface area contributed by atoms with Crippen LogP contribution in [0.15, 0.2) is 205 Å². The normalized spacial score (nSPS) is 10.0. The van der Waals surface area contributed by atoms with Crippen LogP contribution in [-0.2, 0) is 44.8 Å². The van der Waals surface area contributed by atoms with E-state index in [9.17, 15) is 17.3 Å². The van der Waals surface area contributed by atoms with Crippen molar-refractivity contribution in [2.45, 2.75) is 0 Å². The van der Waals surface area contributed by atoms with E-state index < -0.39 is 23.1 Å². The summed E-state index contributed by atoms with van der Waals surface area (Å²) in [5, 5.41) is 8.61. The van der Waals surface area contributed by atoms with Crippen molar-refractivity contribution in [3.63, 3.8) is 0 Å². The molecule has 7 aromatic rings. The summed E-state index contributed by atoms with van der Waals surface area (Å²) in [6, 6.07) is 68.5. The van der Waals surface area contributed by atoms with E-state index in [-0.39, 0.29) is 44.8 Å². The van der Waals surface area contributed by atoms with E-state index >= 15 is 0 Å². The molecule has 0 unspecified atom stereocenters. The molecule has 0 amide bonds. The fraction of sp³-hybridized carbons (Fsp3) is 0. The smallest absolute Gasteiger partial charge is 0.599 e. The zero-order valence-corrected chi connectivity index (χ0v) is 33.0. The molecule has 0 aliphatic heterocycles. The predicted octanol–water partition coefficient (Wildman–Crippen LogP) is 8.73. The molecular formula is C40H35Au2BF4OP2+2. The van der Waals surface area contributed by atoms with Gasteiger partial charge in [-0.2, -0.15) is 6.07 Å². The molecule has 0 aliphatic rings. The maximum Gasteiger partial charge on any atom is 1.00 e. The summed E-state index contributed by atoms with van der Waals surface area (Å²) in [7, 11) is -7.75. The zero-order valence-electron chi connectivity index (χ0n) is 26.7. The summed E-state index contributed by atoms with van der Waals surface area (Å²) in [5.41, 5.74) is 0. The largest absolute Gasteiger partial charge is 1.00 e. The van der Waals surface area contributed by atoms with Crippen molar-refractivity contribution < 1.29 is 66.4 Å². The molecule has 0 N–H and O–H groups in total. The first-order valence-corrected chi connectivity index (χ1v) is 18.2. The van der Waals surface area contributed by atoms with Gasteiger partial charge in [-0.05, 0) is 79.1 Å². The third kappa shape index (κ3) is 15.7. The second-order valence-corrected chi connectivity index (χ2v) is 15.1. The molecule has 0 spiro atoms. The van der Waals surface area contributed by atoms with Gasteiger partial charge >= 0.3 is 52.0 Å². The Bertz CT molecular complexity index is 1480. The minimum absolute atomic E-state index is 0. The van der Waals surface area contributed by atoms with Crippen molar-refractivity contribution in [3.05, 3.63) is 207 Å². The molecule has 262 valence electrons. The van der Waals surface area contributed by atoms with E-state index in [0.29, 0.717) is 0 Å². The Labute approximate surface area is 325 Å². The van der Waals surface area contributed by atoms with Gasteiger partial charge in [0.25, 0.3) is 0 Å². The van der Waals surface area contributed by atoms with E-state index in [1.54, 1.807) is 18.4 Å². The van der Waals surface area contributed by atoms with Crippen molar-refractivity contribution in [2.24, 2.45) is 0 Å². The molecule has 50 heavy (non-hydrogen) atoms. The molecule has 10 heteroatoms. The minimum Gasteiger partial charge on any atom is -0.599 e. The van der Waals surface area contributed by atoms with Gasteiger partial charge in [-0.1, -0.05) is 115 Å². The van der Waals surface area contributed by atoms with Gasteiger partial charge in [-0.3, -0.25) is 0 Å². The van der Waals surface area contributed by atoms with E-state index in [0.717, 1.165) is 0 Å². The van der Waals surface area contributed by atoms with Crippen molar-refractivity contribution in [1.29, 1.82) is 0 Å². The Kier molecular flexibility index (Phi) is 20.6. The first kappa shape index (κ1) is 42.9. The van der Waals surface area contributed by atoms with Gasteiger partial charge in [0.1, 0.15) is 31.8 Å². The summed E-state index contributed by atoms with van der Waals surface area (Å²) in [6.45, 7) is 0. The number of hydrogen-bond donors (Lipinski definition) is 0. The van der Waals surface area contributed by atoms with Crippen molar-refractivity contribution in [2.75, 3.05) is 0 Å². The molecule has 0 radical (unpaired) electrons. The molecule has 0 atom stereocenters. The molecular weight excluding hydrogens is 1040 g/mol. The van der Waals surface area contributed by atoms with Crippen LogP contribution in [0.2, 0.25) is 0 Å². The Hall–Kier alpha value is -3.27. The average Bonchev–Trinajstić information content (AvgIpc) is 3.72. The van der Waals surface area contributed by atoms with E-state index in [1.807, 2.05) is 0 Å². The standard InChI is InChI=1S/2C18H15P.C4H3O.2Au.BF4/c2*1-4-10-16(11-5-1)19(17-12-6-2-7-13-17)18-14-8-3-9-15-18;1-2-4-5-3-1;;;2-1(3,4)5/h2*1-15H;1-3H;;;/q;;-1;2*+1;-1/p+2. The summed E-state index contributed by atoms with van der Waals surface area (Å²) in [4.78, 5) is 0. The molecule has 0 saturated carbocycles. The van der Waals surface area contributed by atoms with Crippen molar-refractivity contribution in [1.82, 2.24) is 0 Å². The minimum atomic E-state index is -6.00. The molecule has 0 saturated heterocycles. The number of benzene rings is 6. The Morgan fingerprint density at radius 2 is 0.560 bits per heavy atom. The fourth-order valence-electron chi connectivity index (χ4n) is 4.83. The van der Waals surface area contributed by atoms with Crippen molar-refractivity contribution in [3.8, 4) is 0 Å². The predicted molar refractivity (Wildman–Crippen MR) is 201 cm³/mol. The van der Waals surface area contributed by atoms with Crippen molar-refractivity contribution >= 4 is 54.9 Å². The Balaban J connectivity index is 0.000000264. The molecule has 1 aromatic heterocycles. The van der Waals surface area contributed by atoms with Crippen LogP contribution in [0, 0.1) is 6.26 Å². The van der Waals surface area contributed by atoms with Crippen LogP contribution in [0.5, 0.6) is 0 Å². The monoisotopic (exact) mass is 1070 g/mol. The molecule has 1 heterocycles. The number of hydrogen-bond acceptors (Lipinski definition) is 1. The first-order valence-electron chi connectivity index (χ1n) is 15.2. The summed E-state index contributed by atoms with van der Waals surface area (Å²) in [5.74, 6) is 0. The molecule has 6 aromatic carbocycles. The van der Waals surface area contributed by atoms with Crippen LogP contribution < -0.4 is 31.8 Å². The number of rotatable bonds is 6. The van der Waals surface area contributed by atoms with E-state index in [2.05, 4.69) is 193 Å². The first-order chi connectivity index (χ1) is 23.4. The molecule has 0 aliphatic carbocycles. The van der Waals surface area contributed by atoms with Crippen LogP contribution in [0.4, 0.5) is 17.3 Å². The van der Waals surface area contributed by atoms with E-state index in [4.69, 9.17) is 0 Å². The maximum absolute atomic E-state index is 9.75. The van der Waals surface area contributed by atoms with Crippen LogP contribution in [0.3, 0.4) is 0 Å². The Morgan fingerprint density at radius 3 is 0.680 bits per heavy atom. The zero-order chi connectivity index (χ0) is 33.9. The van der Waals surface area contributed by atoms with Gasteiger partial charge < -0.3 is 21.7 Å². The average molecular weight is 1070 g/mol. The molecule has 7 rings (SSSR count). The van der Waals surface area contributed by atoms with Crippen LogP contribution >= 0.6 is 15.8 Å².